The van der Waals surface area contributed by atoms with Crippen molar-refractivity contribution in [1.29, 1.82) is 0 Å². The maximum atomic E-state index is 13.9. The van der Waals surface area contributed by atoms with E-state index in [0.717, 1.165) is 11.4 Å². The van der Waals surface area contributed by atoms with Crippen molar-refractivity contribution in [1.82, 2.24) is 0 Å². The highest BCUT2D eigenvalue weighted by molar-refractivity contribution is 8.31. The third kappa shape index (κ3) is 3.70. The lowest BCUT2D eigenvalue weighted by molar-refractivity contribution is 0.294. The lowest BCUT2D eigenvalue weighted by atomic mass is 9.84. The molecule has 0 saturated carbocycles. The number of fused-ring (bicyclic) bond motifs is 2. The zero-order valence-corrected chi connectivity index (χ0v) is 22.6. The summed E-state index contributed by atoms with van der Waals surface area (Å²) >= 11 is 0. The summed E-state index contributed by atoms with van der Waals surface area (Å²) in [5.74, 6) is 4.28. The van der Waals surface area contributed by atoms with E-state index in [9.17, 15) is 4.57 Å². The van der Waals surface area contributed by atoms with Gasteiger partial charge in [0.2, 0.25) is 0 Å². The summed E-state index contributed by atoms with van der Waals surface area (Å²) in [6.45, 7) is 8.86. The summed E-state index contributed by atoms with van der Waals surface area (Å²) in [6.07, 6.45) is 0. The fraction of sp³-hybridized carbons (Fsp3) is 0.385. The molecule has 1 unspecified atom stereocenters. The van der Waals surface area contributed by atoms with Crippen LogP contribution >= 0.6 is 14.9 Å². The highest BCUT2D eigenvalue weighted by atomic mass is 32.1. The van der Waals surface area contributed by atoms with Gasteiger partial charge in [-0.2, -0.15) is 0 Å². The Morgan fingerprint density at radius 1 is 0.758 bits per heavy atom. The van der Waals surface area contributed by atoms with Crippen molar-refractivity contribution in [2.75, 3.05) is 38.1 Å². The Morgan fingerprint density at radius 3 is 1.45 bits per heavy atom. The number of anilines is 2. The van der Waals surface area contributed by atoms with Gasteiger partial charge in [0.25, 0.3) is 0 Å². The average Bonchev–Trinajstić information content (AvgIpc) is 3.12. The lowest BCUT2D eigenvalue weighted by Crippen LogP contribution is -2.23. The SMILES string of the molecule is COP(=O)(OC)P(/C=C1\N(C)c2ccccc2C1(C)C)/C=C1/N(C)c2ccccc2C1(C)C. The Bertz CT molecular complexity index is 1100. The first-order valence-electron chi connectivity index (χ1n) is 11.1. The molecule has 0 radical (unpaired) electrons. The molecule has 0 aromatic heterocycles. The van der Waals surface area contributed by atoms with Crippen LogP contribution in [0.2, 0.25) is 0 Å². The van der Waals surface area contributed by atoms with Gasteiger partial charge in [0.1, 0.15) is 0 Å². The van der Waals surface area contributed by atoms with E-state index in [4.69, 9.17) is 9.05 Å². The third-order valence-corrected chi connectivity index (χ3v) is 13.0. The van der Waals surface area contributed by atoms with E-state index in [2.05, 4.69) is 112 Å². The van der Waals surface area contributed by atoms with E-state index in [0.29, 0.717) is 0 Å². The van der Waals surface area contributed by atoms with E-state index < -0.39 is 14.9 Å². The Morgan fingerprint density at radius 2 is 1.12 bits per heavy atom. The summed E-state index contributed by atoms with van der Waals surface area (Å²) in [5.41, 5.74) is 6.63. The maximum Gasteiger partial charge on any atom is 0.356 e. The van der Waals surface area contributed by atoms with E-state index >= 15 is 0 Å². The first-order valence-corrected chi connectivity index (χ1v) is 14.8. The second-order valence-electron chi connectivity index (χ2n) is 9.64. The van der Waals surface area contributed by atoms with Crippen LogP contribution in [0.3, 0.4) is 0 Å². The molecule has 2 heterocycles. The minimum atomic E-state index is -3.39. The molecule has 0 saturated heterocycles. The standard InChI is InChI=1S/C26H34N2O3P2/c1-25(2)19-13-9-11-15-21(19)27(5)23(25)17-32(33(29,30-7)31-8)18-24-26(3,4)20-14-10-12-16-22(20)28(24)6/h9-18H,1-8H3/b23-17-,24-18+. The largest absolute Gasteiger partial charge is 0.356 e. The predicted octanol–water partition coefficient (Wildman–Crippen LogP) is 7.41. The number of para-hydroxylation sites is 2. The Hall–Kier alpha value is -1.90. The molecular formula is C26H34N2O3P2. The molecule has 176 valence electrons. The fourth-order valence-electron chi connectivity index (χ4n) is 5.15. The summed E-state index contributed by atoms with van der Waals surface area (Å²) in [7, 11) is 2.32. The van der Waals surface area contributed by atoms with Gasteiger partial charge in [-0.3, -0.25) is 4.57 Å². The first-order chi connectivity index (χ1) is 15.5. The molecule has 1 atom stereocenters. The summed E-state index contributed by atoms with van der Waals surface area (Å²) < 4.78 is 25.0. The van der Waals surface area contributed by atoms with Crippen LogP contribution in [0.5, 0.6) is 0 Å². The molecule has 4 rings (SSSR count). The zero-order valence-electron chi connectivity index (χ0n) is 20.8. The van der Waals surface area contributed by atoms with Crippen LogP contribution in [-0.2, 0) is 24.4 Å². The van der Waals surface area contributed by atoms with Crippen LogP contribution in [0.15, 0.2) is 71.6 Å². The predicted molar refractivity (Wildman–Crippen MR) is 140 cm³/mol. The highest BCUT2D eigenvalue weighted by Gasteiger charge is 2.44. The van der Waals surface area contributed by atoms with Crippen molar-refractivity contribution in [3.05, 3.63) is 82.7 Å². The number of allylic oxidation sites excluding steroid dienone is 2. The molecule has 5 nitrogen and oxygen atoms in total. The van der Waals surface area contributed by atoms with E-state index in [-0.39, 0.29) is 10.8 Å². The topological polar surface area (TPSA) is 42.0 Å². The molecule has 0 amide bonds. The number of nitrogens with zero attached hydrogens (tertiary/aromatic N) is 2. The number of hydrogen-bond acceptors (Lipinski definition) is 5. The van der Waals surface area contributed by atoms with Crippen LogP contribution < -0.4 is 9.80 Å². The van der Waals surface area contributed by atoms with Crippen molar-refractivity contribution in [3.8, 4) is 0 Å². The molecule has 2 aliphatic heterocycles. The van der Waals surface area contributed by atoms with Gasteiger partial charge in [-0.1, -0.05) is 64.1 Å². The van der Waals surface area contributed by atoms with E-state index in [1.165, 1.54) is 36.7 Å². The normalized spacial score (nSPS) is 22.1. The van der Waals surface area contributed by atoms with E-state index in [1.54, 1.807) is 0 Å². The number of likely N-dealkylation sites (N-methyl/N-ethyl adjacent to an activating group) is 2. The number of benzene rings is 2. The molecule has 2 aliphatic rings. The Balaban J connectivity index is 1.88. The minimum absolute atomic E-state index is 0.225. The zero-order chi connectivity index (χ0) is 24.2. The second kappa shape index (κ2) is 8.40. The van der Waals surface area contributed by atoms with Gasteiger partial charge < -0.3 is 18.8 Å². The van der Waals surface area contributed by atoms with Crippen LogP contribution in [0.1, 0.15) is 38.8 Å². The van der Waals surface area contributed by atoms with Crippen molar-refractivity contribution in [2.45, 2.75) is 38.5 Å². The molecule has 33 heavy (non-hydrogen) atoms. The molecule has 2 aromatic rings. The second-order valence-corrected chi connectivity index (χ2v) is 15.4. The van der Waals surface area contributed by atoms with Crippen molar-refractivity contribution in [2.24, 2.45) is 0 Å². The van der Waals surface area contributed by atoms with Gasteiger partial charge in [0.15, 0.2) is 0 Å². The first kappa shape index (κ1) is 24.2. The number of rotatable bonds is 5. The lowest BCUT2D eigenvalue weighted by Gasteiger charge is -2.30. The molecule has 0 N–H and O–H groups in total. The van der Waals surface area contributed by atoms with Gasteiger partial charge >= 0.3 is 7.28 Å². The van der Waals surface area contributed by atoms with Gasteiger partial charge in [-0.05, 0) is 34.9 Å². The third-order valence-electron chi connectivity index (χ3n) is 7.13. The van der Waals surface area contributed by atoms with Gasteiger partial charge in [-0.25, -0.2) is 0 Å². The van der Waals surface area contributed by atoms with Crippen LogP contribution in [0.4, 0.5) is 11.4 Å². The molecule has 2 aromatic carbocycles. The minimum Gasteiger partial charge on any atom is -0.347 e. The van der Waals surface area contributed by atoms with Crippen molar-refractivity contribution < 1.29 is 13.6 Å². The smallest absolute Gasteiger partial charge is 0.347 e. The van der Waals surface area contributed by atoms with Crippen LogP contribution in [0, 0.1) is 0 Å². The molecule has 0 bridgehead atoms. The van der Waals surface area contributed by atoms with Crippen LogP contribution in [-0.4, -0.2) is 28.3 Å². The average molecular weight is 485 g/mol. The molecule has 0 fully saturated rings. The summed E-state index contributed by atoms with van der Waals surface area (Å²) in [5, 5.41) is 0. The Kier molecular flexibility index (Phi) is 6.16. The van der Waals surface area contributed by atoms with Gasteiger partial charge in [0, 0.05) is 61.9 Å². The van der Waals surface area contributed by atoms with Gasteiger partial charge in [0.05, 0.1) is 7.61 Å². The van der Waals surface area contributed by atoms with E-state index in [1.807, 2.05) is 0 Å². The Labute approximate surface area is 199 Å². The molecule has 0 aliphatic carbocycles. The molecular weight excluding hydrogens is 450 g/mol. The highest BCUT2D eigenvalue weighted by Crippen LogP contribution is 2.79. The van der Waals surface area contributed by atoms with Crippen LogP contribution in [0.25, 0.3) is 0 Å². The fourth-order valence-corrected chi connectivity index (χ4v) is 10.2. The molecule has 0 spiro atoms. The van der Waals surface area contributed by atoms with Gasteiger partial charge in [-0.15, -0.1) is 0 Å². The van der Waals surface area contributed by atoms with Crippen molar-refractivity contribution >= 4 is 26.3 Å². The summed E-state index contributed by atoms with van der Waals surface area (Å²) in [4.78, 5) is 4.41. The van der Waals surface area contributed by atoms with Crippen molar-refractivity contribution in [3.63, 3.8) is 0 Å². The summed E-state index contributed by atoms with van der Waals surface area (Å²) in [6, 6.07) is 16.9. The molecule has 7 heteroatoms. The maximum absolute atomic E-state index is 13.9. The quantitative estimate of drug-likeness (QED) is 0.414. The number of hydrogen-bond donors (Lipinski definition) is 0. The monoisotopic (exact) mass is 484 g/mol.